The molecule has 104 valence electrons. The number of rotatable bonds is 1. The monoisotopic (exact) mass is 271 g/mol. The van der Waals surface area contributed by atoms with E-state index in [1.807, 2.05) is 12.1 Å². The number of pyridine rings is 1. The molecule has 0 fully saturated rings. The minimum atomic E-state index is -0.417. The molecule has 2 aromatic rings. The zero-order valence-corrected chi connectivity index (χ0v) is 11.5. The molecule has 0 radical (unpaired) electrons. The normalized spacial score (nSPS) is 14.7. The van der Waals surface area contributed by atoms with Gasteiger partial charge in [0, 0.05) is 10.9 Å². The molecule has 1 aromatic carbocycles. The summed E-state index contributed by atoms with van der Waals surface area (Å²) in [6.07, 6.45) is 5.02. The molecule has 1 N–H and O–H groups in total. The maximum absolute atomic E-state index is 12.3. The zero-order valence-electron chi connectivity index (χ0n) is 11.5. The highest BCUT2D eigenvalue weighted by molar-refractivity contribution is 6.03. The molecule has 0 amide bonds. The first-order chi connectivity index (χ1) is 9.72. The average Bonchev–Trinajstić information content (AvgIpc) is 2.72. The number of aromatic nitrogens is 1. The third-order valence-electron chi connectivity index (χ3n) is 4.03. The summed E-state index contributed by atoms with van der Waals surface area (Å²) in [7, 11) is 1.35. The van der Waals surface area contributed by atoms with Crippen LogP contribution in [0.2, 0.25) is 0 Å². The minimum absolute atomic E-state index is 0.0641. The Morgan fingerprint density at radius 1 is 1.15 bits per heavy atom. The van der Waals surface area contributed by atoms with Crippen LogP contribution in [0.15, 0.2) is 23.0 Å². The first-order valence-electron chi connectivity index (χ1n) is 6.97. The standard InChI is InChI=1S/C16H17NO3/c1-20-16(19)13-9-5-8-11-10-6-3-2-4-7-12(10)15(18)17-14(11)13/h5,8-9H,2-4,6-7H2,1H3,(H,17,18). The number of carbonyl (C=O) groups excluding carboxylic acids is 1. The van der Waals surface area contributed by atoms with Crippen molar-refractivity contribution < 1.29 is 9.53 Å². The van der Waals surface area contributed by atoms with Gasteiger partial charge in [0.25, 0.3) is 5.56 Å². The molecule has 0 spiro atoms. The summed E-state index contributed by atoms with van der Waals surface area (Å²) in [4.78, 5) is 27.0. The third kappa shape index (κ3) is 2.01. The van der Waals surface area contributed by atoms with Crippen LogP contribution in [-0.4, -0.2) is 18.1 Å². The number of fused-ring (bicyclic) bond motifs is 3. The Morgan fingerprint density at radius 2 is 1.90 bits per heavy atom. The van der Waals surface area contributed by atoms with Gasteiger partial charge >= 0.3 is 5.97 Å². The molecule has 0 saturated heterocycles. The van der Waals surface area contributed by atoms with Gasteiger partial charge in [0.2, 0.25) is 0 Å². The summed E-state index contributed by atoms with van der Waals surface area (Å²) in [6.45, 7) is 0. The van der Waals surface area contributed by atoms with Crippen molar-refractivity contribution in [3.8, 4) is 0 Å². The molecule has 0 unspecified atom stereocenters. The number of esters is 1. The Morgan fingerprint density at radius 3 is 2.65 bits per heavy atom. The van der Waals surface area contributed by atoms with Crippen molar-refractivity contribution in [2.24, 2.45) is 0 Å². The fourth-order valence-corrected chi connectivity index (χ4v) is 3.04. The fraction of sp³-hybridized carbons (Fsp3) is 0.375. The van der Waals surface area contributed by atoms with E-state index in [1.165, 1.54) is 7.11 Å². The van der Waals surface area contributed by atoms with Gasteiger partial charge < -0.3 is 9.72 Å². The Labute approximate surface area is 116 Å². The highest BCUT2D eigenvalue weighted by atomic mass is 16.5. The number of hydrogen-bond donors (Lipinski definition) is 1. The van der Waals surface area contributed by atoms with Crippen molar-refractivity contribution in [3.05, 3.63) is 45.2 Å². The van der Waals surface area contributed by atoms with Gasteiger partial charge in [-0.15, -0.1) is 0 Å². The molecule has 1 aliphatic carbocycles. The number of nitrogens with one attached hydrogen (secondary N) is 1. The Balaban J connectivity index is 2.34. The summed E-state index contributed by atoms with van der Waals surface area (Å²) in [6, 6.07) is 5.51. The Bertz CT molecular complexity index is 730. The molecule has 0 atom stereocenters. The SMILES string of the molecule is COC(=O)c1cccc2c3c(c(=O)[nH]c12)CCCCC3. The molecule has 0 bridgehead atoms. The van der Waals surface area contributed by atoms with Gasteiger partial charge in [-0.25, -0.2) is 4.79 Å². The number of para-hydroxylation sites is 1. The smallest absolute Gasteiger partial charge is 0.339 e. The zero-order chi connectivity index (χ0) is 14.1. The molecule has 1 aliphatic rings. The molecule has 0 saturated carbocycles. The molecule has 4 nitrogen and oxygen atoms in total. The second kappa shape index (κ2) is 5.12. The largest absolute Gasteiger partial charge is 0.465 e. The van der Waals surface area contributed by atoms with Crippen LogP contribution in [0, 0.1) is 0 Å². The predicted molar refractivity (Wildman–Crippen MR) is 77.2 cm³/mol. The molecule has 20 heavy (non-hydrogen) atoms. The van der Waals surface area contributed by atoms with Crippen molar-refractivity contribution >= 4 is 16.9 Å². The van der Waals surface area contributed by atoms with Crippen LogP contribution in [0.25, 0.3) is 10.9 Å². The number of aryl methyl sites for hydroxylation is 1. The number of H-pyrrole nitrogens is 1. The van der Waals surface area contributed by atoms with Crippen LogP contribution in [0.3, 0.4) is 0 Å². The second-order valence-electron chi connectivity index (χ2n) is 5.19. The number of carbonyl (C=O) groups is 1. The van der Waals surface area contributed by atoms with Gasteiger partial charge in [-0.05, 0) is 37.3 Å². The number of aromatic amines is 1. The van der Waals surface area contributed by atoms with E-state index >= 15 is 0 Å². The van der Waals surface area contributed by atoms with Gasteiger partial charge in [0.15, 0.2) is 0 Å². The first-order valence-corrected chi connectivity index (χ1v) is 6.97. The van der Waals surface area contributed by atoms with E-state index in [4.69, 9.17) is 4.74 Å². The number of methoxy groups -OCH3 is 1. The lowest BCUT2D eigenvalue weighted by Gasteiger charge is -2.11. The summed E-state index contributed by atoms with van der Waals surface area (Å²) in [5.41, 5.74) is 2.95. The number of hydrogen-bond acceptors (Lipinski definition) is 3. The molecule has 4 heteroatoms. The van der Waals surface area contributed by atoms with E-state index in [0.29, 0.717) is 11.1 Å². The van der Waals surface area contributed by atoms with Gasteiger partial charge in [-0.3, -0.25) is 4.79 Å². The van der Waals surface area contributed by atoms with E-state index in [-0.39, 0.29) is 5.56 Å². The van der Waals surface area contributed by atoms with Crippen LogP contribution in [-0.2, 0) is 17.6 Å². The summed E-state index contributed by atoms with van der Waals surface area (Å²) < 4.78 is 4.79. The van der Waals surface area contributed by atoms with Crippen LogP contribution in [0.4, 0.5) is 0 Å². The average molecular weight is 271 g/mol. The van der Waals surface area contributed by atoms with E-state index in [2.05, 4.69) is 4.98 Å². The summed E-state index contributed by atoms with van der Waals surface area (Å²) in [5.74, 6) is -0.417. The van der Waals surface area contributed by atoms with E-state index in [1.54, 1.807) is 6.07 Å². The molecular weight excluding hydrogens is 254 g/mol. The number of ether oxygens (including phenoxy) is 1. The second-order valence-corrected chi connectivity index (χ2v) is 5.19. The predicted octanol–water partition coefficient (Wildman–Crippen LogP) is 2.58. The maximum atomic E-state index is 12.3. The number of benzene rings is 1. The lowest BCUT2D eigenvalue weighted by atomic mass is 9.97. The van der Waals surface area contributed by atoms with Crippen molar-refractivity contribution in [2.45, 2.75) is 32.1 Å². The molecule has 1 aromatic heterocycles. The van der Waals surface area contributed by atoms with Crippen LogP contribution in [0.5, 0.6) is 0 Å². The molecular formula is C16H17NO3. The lowest BCUT2D eigenvalue weighted by Crippen LogP contribution is -2.17. The van der Waals surface area contributed by atoms with E-state index < -0.39 is 5.97 Å². The topological polar surface area (TPSA) is 59.2 Å². The quantitative estimate of drug-likeness (QED) is 0.640. The summed E-state index contributed by atoms with van der Waals surface area (Å²) in [5, 5.41) is 0.976. The van der Waals surface area contributed by atoms with Crippen molar-refractivity contribution in [3.63, 3.8) is 0 Å². The van der Waals surface area contributed by atoms with Crippen LogP contribution >= 0.6 is 0 Å². The molecule has 3 rings (SSSR count). The Kier molecular flexibility index (Phi) is 3.30. The van der Waals surface area contributed by atoms with Crippen LogP contribution in [0.1, 0.15) is 40.7 Å². The van der Waals surface area contributed by atoms with Gasteiger partial charge in [-0.1, -0.05) is 18.6 Å². The highest BCUT2D eigenvalue weighted by Crippen LogP contribution is 2.26. The van der Waals surface area contributed by atoms with Gasteiger partial charge in [-0.2, -0.15) is 0 Å². The van der Waals surface area contributed by atoms with Gasteiger partial charge in [0.1, 0.15) is 0 Å². The van der Waals surface area contributed by atoms with Crippen molar-refractivity contribution in [1.82, 2.24) is 4.98 Å². The maximum Gasteiger partial charge on any atom is 0.339 e. The van der Waals surface area contributed by atoms with Crippen LogP contribution < -0.4 is 5.56 Å². The van der Waals surface area contributed by atoms with E-state index in [0.717, 1.165) is 48.6 Å². The first kappa shape index (κ1) is 12.9. The molecule has 0 aliphatic heterocycles. The summed E-state index contributed by atoms with van der Waals surface area (Å²) >= 11 is 0. The van der Waals surface area contributed by atoms with Crippen molar-refractivity contribution in [1.29, 1.82) is 0 Å². The highest BCUT2D eigenvalue weighted by Gasteiger charge is 2.18. The van der Waals surface area contributed by atoms with Gasteiger partial charge in [0.05, 0.1) is 18.2 Å². The minimum Gasteiger partial charge on any atom is -0.465 e. The lowest BCUT2D eigenvalue weighted by molar-refractivity contribution is 0.0603. The Hall–Kier alpha value is -2.10. The molecule has 1 heterocycles. The fourth-order valence-electron chi connectivity index (χ4n) is 3.04. The van der Waals surface area contributed by atoms with Crippen molar-refractivity contribution in [2.75, 3.05) is 7.11 Å². The third-order valence-corrected chi connectivity index (χ3v) is 4.03. The van der Waals surface area contributed by atoms with E-state index in [9.17, 15) is 9.59 Å².